The van der Waals surface area contributed by atoms with Gasteiger partial charge in [0.25, 0.3) is 0 Å². The summed E-state index contributed by atoms with van der Waals surface area (Å²) in [6.45, 7) is 9.71. The van der Waals surface area contributed by atoms with Crippen LogP contribution in [0.5, 0.6) is 0 Å². The largest absolute Gasteiger partial charge is 0.340 e. The molecule has 0 unspecified atom stereocenters. The van der Waals surface area contributed by atoms with Crippen molar-refractivity contribution in [2.24, 2.45) is 5.92 Å². The molecule has 176 valence electrons. The normalized spacial score (nSPS) is 15.4. The molecule has 2 aromatic carbocycles. The number of carbonyl (C=O) groups is 1. The number of fused-ring (bicyclic) bond motifs is 1. The highest BCUT2D eigenvalue weighted by Gasteiger charge is 2.30. The molecule has 0 radical (unpaired) electrons. The second-order valence-corrected chi connectivity index (χ2v) is 9.36. The number of amides is 1. The van der Waals surface area contributed by atoms with Gasteiger partial charge in [-0.25, -0.2) is 9.37 Å². The van der Waals surface area contributed by atoms with Crippen molar-refractivity contribution in [1.82, 2.24) is 19.4 Å². The monoisotopic (exact) mass is 450 g/mol. The van der Waals surface area contributed by atoms with Crippen molar-refractivity contribution >= 4 is 16.9 Å². The van der Waals surface area contributed by atoms with Crippen LogP contribution in [0.2, 0.25) is 0 Å². The summed E-state index contributed by atoms with van der Waals surface area (Å²) in [5.74, 6) is 1.12. The van der Waals surface area contributed by atoms with E-state index >= 15 is 0 Å². The minimum atomic E-state index is -0.245. The lowest BCUT2D eigenvalue weighted by molar-refractivity contribution is -0.139. The lowest BCUT2D eigenvalue weighted by Crippen LogP contribution is -2.45. The molecule has 0 N–H and O–H groups in total. The minimum Gasteiger partial charge on any atom is -0.340 e. The summed E-state index contributed by atoms with van der Waals surface area (Å²) in [6, 6.07) is 14.9. The van der Waals surface area contributed by atoms with Crippen LogP contribution in [0.3, 0.4) is 0 Å². The van der Waals surface area contributed by atoms with Gasteiger partial charge in [0.15, 0.2) is 0 Å². The van der Waals surface area contributed by atoms with Gasteiger partial charge in [0.1, 0.15) is 11.6 Å². The van der Waals surface area contributed by atoms with E-state index in [1.807, 2.05) is 18.2 Å². The van der Waals surface area contributed by atoms with E-state index in [1.165, 1.54) is 12.1 Å². The van der Waals surface area contributed by atoms with Crippen molar-refractivity contribution < 1.29 is 9.18 Å². The van der Waals surface area contributed by atoms with Gasteiger partial charge in [-0.1, -0.05) is 25.5 Å². The minimum absolute atomic E-state index is 0.108. The second kappa shape index (κ2) is 10.5. The molecule has 0 bridgehead atoms. The molecule has 5 nitrogen and oxygen atoms in total. The van der Waals surface area contributed by atoms with Crippen LogP contribution in [0, 0.1) is 11.7 Å². The van der Waals surface area contributed by atoms with Crippen LogP contribution >= 0.6 is 0 Å². The highest BCUT2D eigenvalue weighted by molar-refractivity contribution is 5.79. The van der Waals surface area contributed by atoms with Crippen molar-refractivity contribution in [3.8, 4) is 5.69 Å². The van der Waals surface area contributed by atoms with Crippen LogP contribution in [0.25, 0.3) is 16.7 Å². The van der Waals surface area contributed by atoms with Gasteiger partial charge in [-0.2, -0.15) is 0 Å². The molecular formula is C27H35FN4O. The highest BCUT2D eigenvalue weighted by atomic mass is 19.1. The maximum Gasteiger partial charge on any atom is 0.226 e. The molecule has 1 aliphatic heterocycles. The third-order valence-corrected chi connectivity index (χ3v) is 6.68. The smallest absolute Gasteiger partial charge is 0.226 e. The number of hydrogen-bond donors (Lipinski definition) is 0. The molecule has 2 heterocycles. The third kappa shape index (κ3) is 5.27. The molecule has 6 heteroatoms. The maximum absolute atomic E-state index is 13.5. The van der Waals surface area contributed by atoms with Crippen LogP contribution in [-0.4, -0.2) is 50.9 Å². The molecule has 4 rings (SSSR count). The Morgan fingerprint density at radius 1 is 1.12 bits per heavy atom. The summed E-state index contributed by atoms with van der Waals surface area (Å²) in [6.07, 6.45) is 3.92. The van der Waals surface area contributed by atoms with E-state index in [1.54, 1.807) is 12.1 Å². The number of nitrogens with zero attached hydrogens (tertiary/aromatic N) is 4. The average Bonchev–Trinajstić information content (AvgIpc) is 3.18. The molecule has 33 heavy (non-hydrogen) atoms. The number of hydrogen-bond acceptors (Lipinski definition) is 3. The average molecular weight is 451 g/mol. The van der Waals surface area contributed by atoms with Crippen LogP contribution in [0.1, 0.15) is 52.3 Å². The van der Waals surface area contributed by atoms with Gasteiger partial charge in [-0.15, -0.1) is 0 Å². The van der Waals surface area contributed by atoms with Crippen LogP contribution in [0.4, 0.5) is 4.39 Å². The molecule has 0 atom stereocenters. The fourth-order valence-corrected chi connectivity index (χ4v) is 4.78. The summed E-state index contributed by atoms with van der Waals surface area (Å²) < 4.78 is 15.7. The second-order valence-electron chi connectivity index (χ2n) is 9.36. The van der Waals surface area contributed by atoms with Crippen LogP contribution in [-0.2, 0) is 11.3 Å². The Bertz CT molecular complexity index is 1070. The summed E-state index contributed by atoms with van der Waals surface area (Å²) in [5.41, 5.74) is 2.87. The van der Waals surface area contributed by atoms with Crippen molar-refractivity contribution in [1.29, 1.82) is 0 Å². The zero-order chi connectivity index (χ0) is 23.4. The van der Waals surface area contributed by atoms with E-state index in [2.05, 4.69) is 41.2 Å². The Labute approximate surface area is 196 Å². The molecule has 1 fully saturated rings. The van der Waals surface area contributed by atoms with E-state index in [0.29, 0.717) is 12.5 Å². The predicted molar refractivity (Wildman–Crippen MR) is 131 cm³/mol. The van der Waals surface area contributed by atoms with E-state index in [-0.39, 0.29) is 17.8 Å². The number of imidazole rings is 1. The number of halogens is 1. The van der Waals surface area contributed by atoms with E-state index in [9.17, 15) is 9.18 Å². The van der Waals surface area contributed by atoms with Crippen LogP contribution < -0.4 is 0 Å². The Morgan fingerprint density at radius 2 is 1.82 bits per heavy atom. The number of para-hydroxylation sites is 2. The maximum atomic E-state index is 13.5. The number of carbonyl (C=O) groups excluding carboxylic acids is 1. The summed E-state index contributed by atoms with van der Waals surface area (Å²) in [7, 11) is 0. The van der Waals surface area contributed by atoms with Gasteiger partial charge in [-0.05, 0) is 82.6 Å². The number of likely N-dealkylation sites (tertiary alicyclic amines) is 1. The number of unbranched alkanes of at least 4 members (excludes halogenated alkanes) is 1. The zero-order valence-corrected chi connectivity index (χ0v) is 20.0. The zero-order valence-electron chi connectivity index (χ0n) is 20.0. The first kappa shape index (κ1) is 23.4. The molecule has 1 amide bonds. The first-order chi connectivity index (χ1) is 16.0. The van der Waals surface area contributed by atoms with Gasteiger partial charge in [0.2, 0.25) is 5.91 Å². The lowest BCUT2D eigenvalue weighted by Gasteiger charge is -2.35. The van der Waals surface area contributed by atoms with Crippen molar-refractivity contribution in [3.05, 3.63) is 60.2 Å². The number of benzene rings is 2. The fraction of sp³-hybridized carbons (Fsp3) is 0.481. The number of aromatic nitrogens is 2. The van der Waals surface area contributed by atoms with Crippen molar-refractivity contribution in [2.45, 2.75) is 59.0 Å². The lowest BCUT2D eigenvalue weighted by atomic mass is 9.94. The van der Waals surface area contributed by atoms with Crippen LogP contribution in [0.15, 0.2) is 48.5 Å². The molecule has 0 saturated carbocycles. The first-order valence-electron chi connectivity index (χ1n) is 12.2. The topological polar surface area (TPSA) is 41.4 Å². The standard InChI is InChI=1S/C27H35FN4O/c1-4-5-16-31(20(2)3)27(33)21-14-17-30(18-15-21)19-26-29-24-8-6-7-9-25(24)32(26)23-12-10-22(28)11-13-23/h6-13,20-21H,4-5,14-19H2,1-3H3. The molecule has 3 aromatic rings. The van der Waals surface area contributed by atoms with Gasteiger partial charge < -0.3 is 4.90 Å². The molecule has 0 spiro atoms. The number of piperidine rings is 1. The summed E-state index contributed by atoms with van der Waals surface area (Å²) >= 11 is 0. The molecule has 0 aliphatic carbocycles. The molecule has 1 aromatic heterocycles. The quantitative estimate of drug-likeness (QED) is 0.461. The predicted octanol–water partition coefficient (Wildman–Crippen LogP) is 5.41. The molecular weight excluding hydrogens is 415 g/mol. The van der Waals surface area contributed by atoms with Crippen molar-refractivity contribution in [3.63, 3.8) is 0 Å². The Kier molecular flexibility index (Phi) is 7.43. The summed E-state index contributed by atoms with van der Waals surface area (Å²) in [4.78, 5) is 22.5. The van der Waals surface area contributed by atoms with Gasteiger partial charge in [-0.3, -0.25) is 14.3 Å². The van der Waals surface area contributed by atoms with E-state index in [4.69, 9.17) is 4.98 Å². The Morgan fingerprint density at radius 3 is 2.48 bits per heavy atom. The number of rotatable bonds is 8. The Hall–Kier alpha value is -2.73. The SMILES string of the molecule is CCCCN(C(=O)C1CCN(Cc2nc3ccccc3n2-c2ccc(F)cc2)CC1)C(C)C. The Balaban J connectivity index is 1.48. The molecule has 1 aliphatic rings. The van der Waals surface area contributed by atoms with Gasteiger partial charge in [0.05, 0.1) is 17.6 Å². The van der Waals surface area contributed by atoms with E-state index in [0.717, 1.165) is 67.9 Å². The fourth-order valence-electron chi connectivity index (χ4n) is 4.78. The first-order valence-corrected chi connectivity index (χ1v) is 12.2. The summed E-state index contributed by atoms with van der Waals surface area (Å²) in [5, 5.41) is 0. The highest BCUT2D eigenvalue weighted by Crippen LogP contribution is 2.26. The van der Waals surface area contributed by atoms with E-state index < -0.39 is 0 Å². The van der Waals surface area contributed by atoms with Crippen molar-refractivity contribution in [2.75, 3.05) is 19.6 Å². The molecule has 1 saturated heterocycles. The third-order valence-electron chi connectivity index (χ3n) is 6.68. The van der Waals surface area contributed by atoms with Gasteiger partial charge >= 0.3 is 0 Å². The van der Waals surface area contributed by atoms with Gasteiger partial charge in [0, 0.05) is 24.2 Å².